The molecule has 0 bridgehead atoms. The van der Waals surface area contributed by atoms with Crippen molar-refractivity contribution in [3.63, 3.8) is 0 Å². The molecule has 0 amide bonds. The smallest absolute Gasteiger partial charge is 0.260 e. The molecule has 1 aliphatic carbocycles. The van der Waals surface area contributed by atoms with Crippen molar-refractivity contribution in [3.05, 3.63) is 181 Å². The molecule has 0 spiro atoms. The van der Waals surface area contributed by atoms with Crippen LogP contribution in [0.2, 0.25) is 0 Å². The summed E-state index contributed by atoms with van der Waals surface area (Å²) in [6.07, 6.45) is 0. The van der Waals surface area contributed by atoms with Gasteiger partial charge in [-0.15, -0.1) is 0 Å². The summed E-state index contributed by atoms with van der Waals surface area (Å²) in [5.74, 6) is 3.66. The van der Waals surface area contributed by atoms with Gasteiger partial charge in [-0.05, 0) is 80.2 Å². The maximum absolute atomic E-state index is 7.39. The molecule has 0 fully saturated rings. The molecule has 0 atom stereocenters. The molecule has 9 aromatic carbocycles. The second kappa shape index (κ2) is 11.1. The van der Waals surface area contributed by atoms with Gasteiger partial charge < -0.3 is 14.4 Å². The number of benzene rings is 9. The van der Waals surface area contributed by atoms with Crippen LogP contribution in [0.4, 0.5) is 17.1 Å². The minimum atomic E-state index is -0.400. The predicted molar refractivity (Wildman–Crippen MR) is 229 cm³/mol. The van der Waals surface area contributed by atoms with Gasteiger partial charge in [0.25, 0.3) is 6.71 Å². The van der Waals surface area contributed by atoms with E-state index in [1.54, 1.807) is 0 Å². The van der Waals surface area contributed by atoms with E-state index in [1.165, 1.54) is 54.7 Å². The molecule has 55 heavy (non-hydrogen) atoms. The fourth-order valence-electron chi connectivity index (χ4n) is 9.86. The third-order valence-corrected chi connectivity index (χ3v) is 12.3. The van der Waals surface area contributed by atoms with Crippen LogP contribution in [0.5, 0.6) is 23.0 Å². The first-order valence-electron chi connectivity index (χ1n) is 19.1. The summed E-state index contributed by atoms with van der Waals surface area (Å²) in [6.45, 7) is 4.70. The number of nitrogens with zero attached hydrogens (tertiary/aromatic N) is 1. The van der Waals surface area contributed by atoms with E-state index in [9.17, 15) is 0 Å². The van der Waals surface area contributed by atoms with E-state index in [0.29, 0.717) is 0 Å². The van der Waals surface area contributed by atoms with Crippen LogP contribution in [0.1, 0.15) is 25.0 Å². The molecule has 3 nitrogen and oxygen atoms in total. The van der Waals surface area contributed by atoms with Crippen molar-refractivity contribution in [1.82, 2.24) is 0 Å². The Morgan fingerprint density at radius 2 is 1.02 bits per heavy atom. The van der Waals surface area contributed by atoms with Crippen molar-refractivity contribution >= 4 is 72.5 Å². The van der Waals surface area contributed by atoms with Gasteiger partial charge in [-0.2, -0.15) is 0 Å². The van der Waals surface area contributed by atoms with Gasteiger partial charge in [0.1, 0.15) is 23.0 Å². The third kappa shape index (κ3) is 4.17. The number of hydrogen-bond acceptors (Lipinski definition) is 3. The van der Waals surface area contributed by atoms with Crippen molar-refractivity contribution in [2.45, 2.75) is 19.3 Å². The van der Waals surface area contributed by atoms with Gasteiger partial charge in [-0.25, -0.2) is 0 Å². The minimum absolute atomic E-state index is 0.0458. The van der Waals surface area contributed by atoms with Crippen LogP contribution in [0.3, 0.4) is 0 Å². The topological polar surface area (TPSA) is 21.7 Å². The van der Waals surface area contributed by atoms with Crippen molar-refractivity contribution < 1.29 is 9.47 Å². The summed E-state index contributed by atoms with van der Waals surface area (Å²) >= 11 is 0. The van der Waals surface area contributed by atoms with Gasteiger partial charge in [0.15, 0.2) is 0 Å². The Kier molecular flexibility index (Phi) is 6.20. The summed E-state index contributed by atoms with van der Waals surface area (Å²) in [4.78, 5) is 2.40. The first-order valence-corrected chi connectivity index (χ1v) is 19.1. The maximum atomic E-state index is 7.39. The Morgan fingerprint density at radius 3 is 1.64 bits per heavy atom. The van der Waals surface area contributed by atoms with Crippen LogP contribution in [0, 0.1) is 0 Å². The van der Waals surface area contributed by atoms with Crippen molar-refractivity contribution in [1.29, 1.82) is 0 Å². The van der Waals surface area contributed by atoms with Gasteiger partial charge in [0.05, 0.1) is 5.69 Å². The Bertz CT molecular complexity index is 3030. The number of para-hydroxylation sites is 2. The van der Waals surface area contributed by atoms with E-state index >= 15 is 0 Å². The fourth-order valence-corrected chi connectivity index (χ4v) is 9.86. The fraction of sp³-hybridized carbons (Fsp3) is 0.0588. The lowest BCUT2D eigenvalue weighted by Gasteiger charge is -2.37. The Hall–Kier alpha value is -6.78. The van der Waals surface area contributed by atoms with Gasteiger partial charge in [-0.1, -0.05) is 147 Å². The lowest BCUT2D eigenvalue weighted by molar-refractivity contribution is 0.458. The molecule has 258 valence electrons. The Balaban J connectivity index is 1.17. The highest BCUT2D eigenvalue weighted by atomic mass is 16.5. The standard InChI is InChI=1S/C51H34BNO2/c1-51(2)40-30-43(53(33-17-5-3-6-18-33)34-19-7-4-8-20-34)37-23-13-14-24-38(37)45(40)39-29-44-47-50(46(39)51)55-49-36-22-12-10-16-32(36)26-28-42(49)52(47)41-27-25-31-15-9-11-21-35(31)48(41)54-44/h3-30H,1-2H3. The second-order valence-electron chi connectivity index (χ2n) is 15.6. The third-order valence-electron chi connectivity index (χ3n) is 12.3. The summed E-state index contributed by atoms with van der Waals surface area (Å²) in [7, 11) is 0. The zero-order valence-electron chi connectivity index (χ0n) is 30.5. The van der Waals surface area contributed by atoms with Gasteiger partial charge in [-0.3, -0.25) is 0 Å². The number of rotatable bonds is 3. The van der Waals surface area contributed by atoms with Crippen LogP contribution in [0.15, 0.2) is 170 Å². The molecule has 0 aromatic heterocycles. The highest BCUT2D eigenvalue weighted by molar-refractivity contribution is 6.98. The Labute approximate surface area is 320 Å². The highest BCUT2D eigenvalue weighted by Crippen LogP contribution is 2.59. The van der Waals surface area contributed by atoms with Crippen LogP contribution in [-0.2, 0) is 5.41 Å². The maximum Gasteiger partial charge on any atom is 0.260 e. The monoisotopic (exact) mass is 703 g/mol. The molecule has 0 unspecified atom stereocenters. The van der Waals surface area contributed by atoms with E-state index < -0.39 is 5.41 Å². The van der Waals surface area contributed by atoms with Gasteiger partial charge >= 0.3 is 0 Å². The van der Waals surface area contributed by atoms with Crippen molar-refractivity contribution in [3.8, 4) is 34.1 Å². The highest BCUT2D eigenvalue weighted by Gasteiger charge is 2.48. The zero-order chi connectivity index (χ0) is 36.4. The average molecular weight is 704 g/mol. The Morgan fingerprint density at radius 1 is 0.491 bits per heavy atom. The molecule has 2 aliphatic heterocycles. The average Bonchev–Trinajstić information content (AvgIpc) is 3.46. The van der Waals surface area contributed by atoms with E-state index in [4.69, 9.17) is 9.47 Å². The molecule has 0 saturated heterocycles. The number of fused-ring (bicyclic) bond motifs is 14. The van der Waals surface area contributed by atoms with Gasteiger partial charge in [0.2, 0.25) is 0 Å². The first-order chi connectivity index (χ1) is 27.1. The summed E-state index contributed by atoms with van der Waals surface area (Å²) in [5.41, 5.74) is 11.4. The minimum Gasteiger partial charge on any atom is -0.458 e. The molecular weight excluding hydrogens is 669 g/mol. The number of ether oxygens (including phenoxy) is 2. The molecule has 9 aromatic rings. The number of hydrogen-bond donors (Lipinski definition) is 0. The molecule has 0 radical (unpaired) electrons. The molecule has 0 N–H and O–H groups in total. The molecule has 3 aliphatic rings. The lowest BCUT2D eigenvalue weighted by atomic mass is 9.34. The van der Waals surface area contributed by atoms with Gasteiger partial charge in [0, 0.05) is 44.0 Å². The summed E-state index contributed by atoms with van der Waals surface area (Å²) < 4.78 is 14.5. The molecule has 2 heterocycles. The van der Waals surface area contributed by atoms with Crippen molar-refractivity contribution in [2.75, 3.05) is 4.90 Å². The predicted octanol–water partition coefficient (Wildman–Crippen LogP) is 11.6. The van der Waals surface area contributed by atoms with Crippen LogP contribution in [0.25, 0.3) is 43.4 Å². The summed E-state index contributed by atoms with van der Waals surface area (Å²) in [6, 6.07) is 61.3. The van der Waals surface area contributed by atoms with E-state index in [0.717, 1.165) is 56.3 Å². The summed E-state index contributed by atoms with van der Waals surface area (Å²) in [5, 5.41) is 6.99. The second-order valence-corrected chi connectivity index (χ2v) is 15.6. The molecular formula is C51H34BNO2. The number of anilines is 3. The van der Waals surface area contributed by atoms with Crippen molar-refractivity contribution in [2.24, 2.45) is 0 Å². The SMILES string of the molecule is CC1(C)c2cc(N(c3ccccc3)c3ccccc3)c3ccccc3c2-c2cc3c4c(c21)Oc1c(ccc2ccccc12)B4c1ccc2ccccc2c1O3. The first kappa shape index (κ1) is 30.7. The zero-order valence-corrected chi connectivity index (χ0v) is 30.5. The van der Waals surface area contributed by atoms with E-state index in [2.05, 4.69) is 189 Å². The van der Waals surface area contributed by atoms with Crippen LogP contribution >= 0.6 is 0 Å². The normalized spacial score (nSPS) is 14.0. The van der Waals surface area contributed by atoms with Crippen LogP contribution < -0.4 is 30.8 Å². The molecule has 4 heteroatoms. The van der Waals surface area contributed by atoms with E-state index in [1.807, 2.05) is 0 Å². The quantitative estimate of drug-likeness (QED) is 0.171. The lowest BCUT2D eigenvalue weighted by Crippen LogP contribution is -2.57. The largest absolute Gasteiger partial charge is 0.458 e. The molecule has 12 rings (SSSR count). The van der Waals surface area contributed by atoms with Crippen LogP contribution in [-0.4, -0.2) is 6.71 Å². The van der Waals surface area contributed by atoms with E-state index in [-0.39, 0.29) is 6.71 Å². The molecule has 0 saturated carbocycles.